The van der Waals surface area contributed by atoms with E-state index in [4.69, 9.17) is 4.74 Å². The number of ether oxygens (including phenoxy) is 1. The first kappa shape index (κ1) is 14.1. The number of hydrogen-bond acceptors (Lipinski definition) is 3. The lowest BCUT2D eigenvalue weighted by molar-refractivity contribution is 0.0672. The maximum atomic E-state index is 12.2. The maximum Gasteiger partial charge on any atom is 0.261 e. The second-order valence-electron chi connectivity index (χ2n) is 4.94. The molecule has 3 rings (SSSR count). The number of nitrogens with zero attached hydrogens (tertiary/aromatic N) is 1. The van der Waals surface area contributed by atoms with E-state index in [9.17, 15) is 9.59 Å². The lowest BCUT2D eigenvalue weighted by Crippen LogP contribution is -2.29. The minimum absolute atomic E-state index is 0.236. The Balaban J connectivity index is 1.71. The molecule has 22 heavy (non-hydrogen) atoms. The van der Waals surface area contributed by atoms with Gasteiger partial charge in [0.1, 0.15) is 5.75 Å². The highest BCUT2D eigenvalue weighted by Gasteiger charge is 2.33. The molecule has 2 amide bonds. The maximum absolute atomic E-state index is 12.2. The Morgan fingerprint density at radius 2 is 1.55 bits per heavy atom. The number of imide groups is 1. The standard InChI is InChI=1S/C18H15NO3/c1-22-14-10-8-13(9-11-14)5-4-12-19-17(20)15-6-2-3-7-16(15)18(19)21/h2-11H,12H2,1H3. The van der Waals surface area contributed by atoms with E-state index in [1.165, 1.54) is 4.90 Å². The molecule has 0 radical (unpaired) electrons. The van der Waals surface area contributed by atoms with Crippen LogP contribution >= 0.6 is 0 Å². The molecule has 0 spiro atoms. The molecule has 2 aromatic rings. The van der Waals surface area contributed by atoms with Crippen LogP contribution < -0.4 is 4.74 Å². The van der Waals surface area contributed by atoms with Crippen molar-refractivity contribution in [2.45, 2.75) is 0 Å². The van der Waals surface area contributed by atoms with Gasteiger partial charge in [0.15, 0.2) is 0 Å². The average molecular weight is 293 g/mol. The summed E-state index contributed by atoms with van der Waals surface area (Å²) in [6.45, 7) is 0.262. The zero-order valence-corrected chi connectivity index (χ0v) is 12.2. The minimum atomic E-state index is -0.236. The molecule has 4 heteroatoms. The summed E-state index contributed by atoms with van der Waals surface area (Å²) in [6, 6.07) is 14.5. The van der Waals surface area contributed by atoms with Crippen molar-refractivity contribution in [1.82, 2.24) is 4.90 Å². The zero-order valence-electron chi connectivity index (χ0n) is 12.2. The van der Waals surface area contributed by atoms with Crippen LogP contribution in [0.5, 0.6) is 5.75 Å². The van der Waals surface area contributed by atoms with E-state index >= 15 is 0 Å². The highest BCUT2D eigenvalue weighted by molar-refractivity contribution is 6.21. The van der Waals surface area contributed by atoms with Crippen LogP contribution in [0.4, 0.5) is 0 Å². The molecule has 0 N–H and O–H groups in total. The Morgan fingerprint density at radius 3 is 2.09 bits per heavy atom. The molecule has 0 aromatic heterocycles. The van der Waals surface area contributed by atoms with E-state index in [1.807, 2.05) is 36.4 Å². The van der Waals surface area contributed by atoms with Gasteiger partial charge in [-0.2, -0.15) is 0 Å². The van der Waals surface area contributed by atoms with Crippen molar-refractivity contribution in [2.75, 3.05) is 13.7 Å². The van der Waals surface area contributed by atoms with Crippen LogP contribution in [-0.2, 0) is 0 Å². The van der Waals surface area contributed by atoms with Gasteiger partial charge >= 0.3 is 0 Å². The number of methoxy groups -OCH3 is 1. The fourth-order valence-corrected chi connectivity index (χ4v) is 2.41. The minimum Gasteiger partial charge on any atom is -0.497 e. The highest BCUT2D eigenvalue weighted by Crippen LogP contribution is 2.22. The van der Waals surface area contributed by atoms with Crippen LogP contribution in [0.25, 0.3) is 6.08 Å². The summed E-state index contributed by atoms with van der Waals surface area (Å²) in [6.07, 6.45) is 3.69. The molecule has 0 saturated carbocycles. The summed E-state index contributed by atoms with van der Waals surface area (Å²) in [5, 5.41) is 0. The van der Waals surface area contributed by atoms with Crippen molar-refractivity contribution in [3.63, 3.8) is 0 Å². The molecule has 0 unspecified atom stereocenters. The van der Waals surface area contributed by atoms with Crippen molar-refractivity contribution >= 4 is 17.9 Å². The Kier molecular flexibility index (Phi) is 3.74. The van der Waals surface area contributed by atoms with Crippen LogP contribution in [0.15, 0.2) is 54.6 Å². The van der Waals surface area contributed by atoms with E-state index < -0.39 is 0 Å². The third kappa shape index (κ3) is 2.51. The largest absolute Gasteiger partial charge is 0.497 e. The molecule has 1 aliphatic rings. The molecule has 1 heterocycles. The first-order valence-corrected chi connectivity index (χ1v) is 6.96. The molecule has 0 fully saturated rings. The van der Waals surface area contributed by atoms with Gasteiger partial charge in [-0.15, -0.1) is 0 Å². The molecule has 1 aliphatic heterocycles. The van der Waals surface area contributed by atoms with Gasteiger partial charge < -0.3 is 4.74 Å². The summed E-state index contributed by atoms with van der Waals surface area (Å²) < 4.78 is 5.10. The lowest BCUT2D eigenvalue weighted by Gasteiger charge is -2.10. The van der Waals surface area contributed by atoms with Crippen LogP contribution in [0.1, 0.15) is 26.3 Å². The molecule has 4 nitrogen and oxygen atoms in total. The first-order valence-electron chi connectivity index (χ1n) is 6.96. The molecule has 2 aromatic carbocycles. The van der Waals surface area contributed by atoms with Crippen LogP contribution in [-0.4, -0.2) is 30.4 Å². The van der Waals surface area contributed by atoms with Gasteiger partial charge in [-0.05, 0) is 29.8 Å². The van der Waals surface area contributed by atoms with E-state index in [0.717, 1.165) is 11.3 Å². The van der Waals surface area contributed by atoms with Gasteiger partial charge in [0.2, 0.25) is 0 Å². The van der Waals surface area contributed by atoms with Gasteiger partial charge in [0.05, 0.1) is 18.2 Å². The van der Waals surface area contributed by atoms with Crippen molar-refractivity contribution < 1.29 is 14.3 Å². The number of fused-ring (bicyclic) bond motifs is 1. The summed E-state index contributed by atoms with van der Waals surface area (Å²) in [5.41, 5.74) is 1.94. The Bertz CT molecular complexity index is 712. The lowest BCUT2D eigenvalue weighted by atomic mass is 10.1. The highest BCUT2D eigenvalue weighted by atomic mass is 16.5. The van der Waals surface area contributed by atoms with Gasteiger partial charge in [-0.25, -0.2) is 0 Å². The Hall–Kier alpha value is -2.88. The van der Waals surface area contributed by atoms with Crippen molar-refractivity contribution in [3.8, 4) is 5.75 Å². The van der Waals surface area contributed by atoms with Crippen molar-refractivity contribution in [3.05, 3.63) is 71.3 Å². The fraction of sp³-hybridized carbons (Fsp3) is 0.111. The van der Waals surface area contributed by atoms with Crippen LogP contribution in [0, 0.1) is 0 Å². The Labute approximate surface area is 128 Å². The topological polar surface area (TPSA) is 46.6 Å². The molecular weight excluding hydrogens is 278 g/mol. The second kappa shape index (κ2) is 5.85. The van der Waals surface area contributed by atoms with Gasteiger partial charge in [-0.1, -0.05) is 36.4 Å². The summed E-state index contributed by atoms with van der Waals surface area (Å²) in [4.78, 5) is 25.6. The normalized spacial score (nSPS) is 13.8. The Morgan fingerprint density at radius 1 is 0.955 bits per heavy atom. The number of carbonyl (C=O) groups is 2. The van der Waals surface area contributed by atoms with Crippen molar-refractivity contribution in [1.29, 1.82) is 0 Å². The number of hydrogen-bond donors (Lipinski definition) is 0. The van der Waals surface area contributed by atoms with E-state index in [-0.39, 0.29) is 18.4 Å². The average Bonchev–Trinajstić information content (AvgIpc) is 2.81. The fourth-order valence-electron chi connectivity index (χ4n) is 2.41. The third-order valence-electron chi connectivity index (χ3n) is 3.59. The number of rotatable bonds is 4. The smallest absolute Gasteiger partial charge is 0.261 e. The molecule has 0 atom stereocenters. The molecule has 0 bridgehead atoms. The SMILES string of the molecule is COc1ccc(C=CCN2C(=O)c3ccccc3C2=O)cc1. The van der Waals surface area contributed by atoms with Gasteiger partial charge in [0, 0.05) is 6.54 Å². The van der Waals surface area contributed by atoms with Gasteiger partial charge in [0.25, 0.3) is 11.8 Å². The number of amides is 2. The summed E-state index contributed by atoms with van der Waals surface area (Å²) in [7, 11) is 1.62. The molecule has 0 saturated heterocycles. The molecule has 110 valence electrons. The van der Waals surface area contributed by atoms with Crippen LogP contribution in [0.3, 0.4) is 0 Å². The summed E-state index contributed by atoms with van der Waals surface area (Å²) in [5.74, 6) is 0.317. The molecule has 0 aliphatic carbocycles. The number of carbonyl (C=O) groups excluding carboxylic acids is 2. The quantitative estimate of drug-likeness (QED) is 0.814. The van der Waals surface area contributed by atoms with E-state index in [0.29, 0.717) is 11.1 Å². The van der Waals surface area contributed by atoms with Crippen molar-refractivity contribution in [2.24, 2.45) is 0 Å². The van der Waals surface area contributed by atoms with E-state index in [1.54, 1.807) is 31.4 Å². The van der Waals surface area contributed by atoms with Crippen LogP contribution in [0.2, 0.25) is 0 Å². The predicted octanol–water partition coefficient (Wildman–Crippen LogP) is 3.00. The van der Waals surface area contributed by atoms with E-state index in [2.05, 4.69) is 0 Å². The van der Waals surface area contributed by atoms with Gasteiger partial charge in [-0.3, -0.25) is 14.5 Å². The third-order valence-corrected chi connectivity index (χ3v) is 3.59. The molecular formula is C18H15NO3. The predicted molar refractivity (Wildman–Crippen MR) is 83.8 cm³/mol. The monoisotopic (exact) mass is 293 g/mol. The number of benzene rings is 2. The first-order chi connectivity index (χ1) is 10.7. The zero-order chi connectivity index (χ0) is 15.5. The second-order valence-corrected chi connectivity index (χ2v) is 4.94. The summed E-state index contributed by atoms with van der Waals surface area (Å²) >= 11 is 0.